The van der Waals surface area contributed by atoms with Gasteiger partial charge in [0.25, 0.3) is 0 Å². The first-order valence-corrected chi connectivity index (χ1v) is 5.03. The summed E-state index contributed by atoms with van der Waals surface area (Å²) in [5.74, 6) is 0.167. The second-order valence-electron chi connectivity index (χ2n) is 3.61. The lowest BCUT2D eigenvalue weighted by molar-refractivity contribution is -0.135. The van der Waals surface area contributed by atoms with Gasteiger partial charge in [-0.25, -0.2) is 0 Å². The maximum atomic E-state index is 11.6. The Morgan fingerprint density at radius 3 is 2.57 bits per heavy atom. The average Bonchev–Trinajstić information content (AvgIpc) is 2.16. The minimum Gasteiger partial charge on any atom is -0.378 e. The van der Waals surface area contributed by atoms with Crippen LogP contribution in [0, 0.1) is 0 Å². The molecule has 5 heteroatoms. The highest BCUT2D eigenvalue weighted by Crippen LogP contribution is 2.00. The molecule has 2 rings (SSSR count). The molecule has 14 heavy (non-hydrogen) atoms. The fourth-order valence-corrected chi connectivity index (χ4v) is 1.51. The van der Waals surface area contributed by atoms with Gasteiger partial charge in [-0.1, -0.05) is 0 Å². The average molecular weight is 200 g/mol. The van der Waals surface area contributed by atoms with Crippen molar-refractivity contribution in [1.29, 1.82) is 0 Å². The lowest BCUT2D eigenvalue weighted by Gasteiger charge is -2.30. The molecule has 2 heterocycles. The molecule has 2 fully saturated rings. The van der Waals surface area contributed by atoms with Crippen LogP contribution < -0.4 is 5.32 Å². The highest BCUT2D eigenvalue weighted by atomic mass is 16.5. The van der Waals surface area contributed by atoms with Crippen molar-refractivity contribution >= 4 is 5.91 Å². The van der Waals surface area contributed by atoms with E-state index in [9.17, 15) is 4.79 Å². The van der Waals surface area contributed by atoms with Gasteiger partial charge in [-0.15, -0.1) is 0 Å². The van der Waals surface area contributed by atoms with Crippen LogP contribution >= 0.6 is 0 Å². The second kappa shape index (κ2) is 4.72. The predicted octanol–water partition coefficient (Wildman–Crippen LogP) is -1.17. The zero-order valence-corrected chi connectivity index (χ0v) is 8.20. The highest BCUT2D eigenvalue weighted by molar-refractivity contribution is 5.78. The Morgan fingerprint density at radius 2 is 2.00 bits per heavy atom. The smallest absolute Gasteiger partial charge is 0.236 e. The van der Waals surface area contributed by atoms with Crippen LogP contribution in [0.25, 0.3) is 0 Å². The van der Waals surface area contributed by atoms with Gasteiger partial charge in [0, 0.05) is 13.1 Å². The number of carbonyl (C=O) groups excluding carboxylic acids is 1. The van der Waals surface area contributed by atoms with Gasteiger partial charge in [-0.05, 0) is 0 Å². The van der Waals surface area contributed by atoms with Gasteiger partial charge in [-0.3, -0.25) is 4.79 Å². The molecule has 2 aliphatic rings. The van der Waals surface area contributed by atoms with Crippen molar-refractivity contribution in [3.05, 3.63) is 0 Å². The Hall–Kier alpha value is -0.650. The van der Waals surface area contributed by atoms with Crippen LogP contribution in [0.2, 0.25) is 0 Å². The molecule has 1 amide bonds. The van der Waals surface area contributed by atoms with Gasteiger partial charge in [-0.2, -0.15) is 0 Å². The van der Waals surface area contributed by atoms with E-state index in [-0.39, 0.29) is 5.91 Å². The molecule has 0 aromatic carbocycles. The fourth-order valence-electron chi connectivity index (χ4n) is 1.51. The summed E-state index contributed by atoms with van der Waals surface area (Å²) in [4.78, 5) is 13.5. The van der Waals surface area contributed by atoms with Crippen LogP contribution in [-0.2, 0) is 14.3 Å². The van der Waals surface area contributed by atoms with Crippen molar-refractivity contribution in [2.24, 2.45) is 0 Å². The van der Waals surface area contributed by atoms with Gasteiger partial charge in [0.15, 0.2) is 0 Å². The maximum Gasteiger partial charge on any atom is 0.236 e. The number of hydrogen-bond donors (Lipinski definition) is 1. The maximum absolute atomic E-state index is 11.6. The first-order valence-electron chi connectivity index (χ1n) is 5.03. The second-order valence-corrected chi connectivity index (χ2v) is 3.61. The third-order valence-electron chi connectivity index (χ3n) is 2.54. The molecule has 80 valence electrons. The monoisotopic (exact) mass is 200 g/mol. The molecule has 0 bridgehead atoms. The molecule has 0 aromatic rings. The van der Waals surface area contributed by atoms with E-state index < -0.39 is 0 Å². The lowest BCUT2D eigenvalue weighted by atomic mass is 10.2. The minimum absolute atomic E-state index is 0.167. The van der Waals surface area contributed by atoms with Crippen molar-refractivity contribution in [1.82, 2.24) is 10.2 Å². The standard InChI is InChI=1S/C9H16N2O3/c12-9(5-10-8-6-14-7-8)11-1-3-13-4-2-11/h8,10H,1-7H2. The summed E-state index contributed by atoms with van der Waals surface area (Å²) in [6.07, 6.45) is 0. The van der Waals surface area contributed by atoms with E-state index in [1.807, 2.05) is 4.90 Å². The summed E-state index contributed by atoms with van der Waals surface area (Å²) < 4.78 is 10.2. The molecule has 0 aromatic heterocycles. The molecule has 0 radical (unpaired) electrons. The summed E-state index contributed by atoms with van der Waals surface area (Å²) in [6, 6.07) is 0.375. The molecule has 1 N–H and O–H groups in total. The SMILES string of the molecule is O=C(CNC1COC1)N1CCOCC1. The molecular formula is C9H16N2O3. The molecule has 2 saturated heterocycles. The molecule has 0 aliphatic carbocycles. The number of ether oxygens (including phenoxy) is 2. The zero-order chi connectivity index (χ0) is 9.80. The Labute approximate surface area is 83.3 Å². The number of nitrogens with zero attached hydrogens (tertiary/aromatic N) is 1. The molecule has 0 atom stereocenters. The van der Waals surface area contributed by atoms with Gasteiger partial charge in [0.05, 0.1) is 39.0 Å². The van der Waals surface area contributed by atoms with Gasteiger partial charge < -0.3 is 19.7 Å². The molecular weight excluding hydrogens is 184 g/mol. The van der Waals surface area contributed by atoms with Gasteiger partial charge in [0.1, 0.15) is 0 Å². The zero-order valence-electron chi connectivity index (χ0n) is 8.20. The summed E-state index contributed by atoms with van der Waals surface area (Å²) in [5.41, 5.74) is 0. The number of nitrogens with one attached hydrogen (secondary N) is 1. The Kier molecular flexibility index (Phi) is 3.34. The van der Waals surface area contributed by atoms with Crippen molar-refractivity contribution in [3.8, 4) is 0 Å². The molecule has 0 spiro atoms. The van der Waals surface area contributed by atoms with Crippen molar-refractivity contribution in [2.75, 3.05) is 46.1 Å². The Balaban J connectivity index is 1.65. The van der Waals surface area contributed by atoms with Crippen LogP contribution in [0.3, 0.4) is 0 Å². The lowest BCUT2D eigenvalue weighted by Crippen LogP contribution is -2.51. The number of hydrogen-bond acceptors (Lipinski definition) is 4. The predicted molar refractivity (Wildman–Crippen MR) is 50.0 cm³/mol. The van der Waals surface area contributed by atoms with E-state index in [2.05, 4.69) is 5.32 Å². The van der Waals surface area contributed by atoms with Crippen LogP contribution in [0.1, 0.15) is 0 Å². The molecule has 5 nitrogen and oxygen atoms in total. The Bertz CT molecular complexity index is 200. The summed E-state index contributed by atoms with van der Waals surface area (Å²) in [6.45, 7) is 4.67. The number of morpholine rings is 1. The van der Waals surface area contributed by atoms with Crippen molar-refractivity contribution in [2.45, 2.75) is 6.04 Å². The van der Waals surface area contributed by atoms with Crippen LogP contribution in [0.5, 0.6) is 0 Å². The van der Waals surface area contributed by atoms with Gasteiger partial charge >= 0.3 is 0 Å². The first-order chi connectivity index (χ1) is 6.86. The van der Waals surface area contributed by atoms with Crippen molar-refractivity contribution in [3.63, 3.8) is 0 Å². The third-order valence-corrected chi connectivity index (χ3v) is 2.54. The van der Waals surface area contributed by atoms with Crippen molar-refractivity contribution < 1.29 is 14.3 Å². The highest BCUT2D eigenvalue weighted by Gasteiger charge is 2.21. The largest absolute Gasteiger partial charge is 0.378 e. The quantitative estimate of drug-likeness (QED) is 0.624. The van der Waals surface area contributed by atoms with E-state index in [1.54, 1.807) is 0 Å². The number of amides is 1. The molecule has 2 aliphatic heterocycles. The van der Waals surface area contributed by atoms with E-state index >= 15 is 0 Å². The van der Waals surface area contributed by atoms with E-state index in [1.165, 1.54) is 0 Å². The molecule has 0 unspecified atom stereocenters. The summed E-state index contributed by atoms with van der Waals surface area (Å²) in [5, 5.41) is 3.16. The summed E-state index contributed by atoms with van der Waals surface area (Å²) in [7, 11) is 0. The first kappa shape index (κ1) is 9.89. The van der Waals surface area contributed by atoms with Gasteiger partial charge in [0.2, 0.25) is 5.91 Å². The summed E-state index contributed by atoms with van der Waals surface area (Å²) >= 11 is 0. The Morgan fingerprint density at radius 1 is 1.29 bits per heavy atom. The third kappa shape index (κ3) is 2.43. The fraction of sp³-hybridized carbons (Fsp3) is 0.889. The van der Waals surface area contributed by atoms with E-state index in [4.69, 9.17) is 9.47 Å². The normalized spacial score (nSPS) is 23.3. The molecule has 0 saturated carbocycles. The topological polar surface area (TPSA) is 50.8 Å². The van der Waals surface area contributed by atoms with E-state index in [0.717, 1.165) is 26.3 Å². The van der Waals surface area contributed by atoms with Crippen LogP contribution in [-0.4, -0.2) is 62.9 Å². The van der Waals surface area contributed by atoms with Crippen LogP contribution in [0.15, 0.2) is 0 Å². The number of carbonyl (C=O) groups is 1. The van der Waals surface area contributed by atoms with Crippen LogP contribution in [0.4, 0.5) is 0 Å². The number of rotatable bonds is 3. The van der Waals surface area contributed by atoms with E-state index in [0.29, 0.717) is 25.8 Å². The minimum atomic E-state index is 0.167.